The second kappa shape index (κ2) is 4.64. The van der Waals surface area contributed by atoms with Gasteiger partial charge in [0.2, 0.25) is 5.91 Å². The van der Waals surface area contributed by atoms with E-state index in [1.54, 1.807) is 0 Å². The Morgan fingerprint density at radius 1 is 1.56 bits per heavy atom. The van der Waals surface area contributed by atoms with Crippen molar-refractivity contribution in [1.29, 1.82) is 0 Å². The highest BCUT2D eigenvalue weighted by atomic mass is 19.1. The van der Waals surface area contributed by atoms with Crippen molar-refractivity contribution in [3.63, 3.8) is 0 Å². The summed E-state index contributed by atoms with van der Waals surface area (Å²) in [6.07, 6.45) is 0.0868. The molecule has 0 aliphatic carbocycles. The Kier molecular flexibility index (Phi) is 3.18. The SMILES string of the molecule is COC(=O)C1CC(=O)N(c2ccc(F)cc2N)C1. The number of carbonyl (C=O) groups is 2. The third kappa shape index (κ3) is 2.13. The zero-order valence-electron chi connectivity index (χ0n) is 9.85. The number of amides is 1. The second-order valence-electron chi connectivity index (χ2n) is 4.13. The average Bonchev–Trinajstić information content (AvgIpc) is 2.70. The molecule has 96 valence electrons. The molecule has 6 heteroatoms. The number of nitrogens with two attached hydrogens (primary N) is 1. The number of nitrogens with zero attached hydrogens (tertiary/aromatic N) is 1. The zero-order valence-corrected chi connectivity index (χ0v) is 9.85. The minimum absolute atomic E-state index is 0.0868. The van der Waals surface area contributed by atoms with Crippen molar-refractivity contribution in [3.8, 4) is 0 Å². The quantitative estimate of drug-likeness (QED) is 0.628. The maximum absolute atomic E-state index is 12.9. The zero-order chi connectivity index (χ0) is 13.3. The van der Waals surface area contributed by atoms with Gasteiger partial charge in [0.1, 0.15) is 5.82 Å². The van der Waals surface area contributed by atoms with Gasteiger partial charge in [0.25, 0.3) is 0 Å². The van der Waals surface area contributed by atoms with Crippen LogP contribution in [0.5, 0.6) is 0 Å². The molecule has 0 bridgehead atoms. The first-order valence-electron chi connectivity index (χ1n) is 5.46. The van der Waals surface area contributed by atoms with E-state index in [2.05, 4.69) is 4.74 Å². The van der Waals surface area contributed by atoms with E-state index >= 15 is 0 Å². The molecule has 5 nitrogen and oxygen atoms in total. The molecule has 0 radical (unpaired) electrons. The molecule has 1 aromatic carbocycles. The third-order valence-electron chi connectivity index (χ3n) is 2.94. The molecule has 0 aromatic heterocycles. The lowest BCUT2D eigenvalue weighted by molar-refractivity contribution is -0.145. The van der Waals surface area contributed by atoms with Gasteiger partial charge >= 0.3 is 5.97 Å². The van der Waals surface area contributed by atoms with E-state index in [-0.39, 0.29) is 24.6 Å². The first-order chi connectivity index (χ1) is 8.52. The normalized spacial score (nSPS) is 19.1. The van der Waals surface area contributed by atoms with Crippen LogP contribution in [0.15, 0.2) is 18.2 Å². The van der Waals surface area contributed by atoms with Gasteiger partial charge in [0.05, 0.1) is 24.4 Å². The van der Waals surface area contributed by atoms with Crippen LogP contribution in [-0.4, -0.2) is 25.5 Å². The van der Waals surface area contributed by atoms with Crippen LogP contribution < -0.4 is 10.6 Å². The molecule has 1 heterocycles. The summed E-state index contributed by atoms with van der Waals surface area (Å²) in [6, 6.07) is 3.81. The molecule has 0 spiro atoms. The van der Waals surface area contributed by atoms with Gasteiger partial charge in [-0.3, -0.25) is 9.59 Å². The smallest absolute Gasteiger partial charge is 0.311 e. The van der Waals surface area contributed by atoms with Crippen molar-refractivity contribution in [2.75, 3.05) is 24.3 Å². The fraction of sp³-hybridized carbons (Fsp3) is 0.333. The standard InChI is InChI=1S/C12H13FN2O3/c1-18-12(17)7-4-11(16)15(6-7)10-3-2-8(13)5-9(10)14/h2-3,5,7H,4,6,14H2,1H3. The van der Waals surface area contributed by atoms with E-state index in [0.29, 0.717) is 5.69 Å². The van der Waals surface area contributed by atoms with E-state index < -0.39 is 17.7 Å². The number of carbonyl (C=O) groups excluding carboxylic acids is 2. The molecule has 18 heavy (non-hydrogen) atoms. The Balaban J connectivity index is 2.24. The number of ether oxygens (including phenoxy) is 1. The third-order valence-corrected chi connectivity index (χ3v) is 2.94. The van der Waals surface area contributed by atoms with Crippen LogP contribution in [0.1, 0.15) is 6.42 Å². The lowest BCUT2D eigenvalue weighted by atomic mass is 10.1. The van der Waals surface area contributed by atoms with Crippen LogP contribution in [0.25, 0.3) is 0 Å². The summed E-state index contributed by atoms with van der Waals surface area (Å²) in [5.41, 5.74) is 6.27. The summed E-state index contributed by atoms with van der Waals surface area (Å²) in [5, 5.41) is 0. The Morgan fingerprint density at radius 3 is 2.89 bits per heavy atom. The van der Waals surface area contributed by atoms with Crippen molar-refractivity contribution >= 4 is 23.3 Å². The molecule has 2 rings (SSSR count). The van der Waals surface area contributed by atoms with Gasteiger partial charge in [0.15, 0.2) is 0 Å². The number of rotatable bonds is 2. The molecule has 1 amide bonds. The van der Waals surface area contributed by atoms with Gasteiger partial charge in [-0.2, -0.15) is 0 Å². The molecule has 0 saturated carbocycles. The Labute approximate surface area is 103 Å². The number of nitrogen functional groups attached to an aromatic ring is 1. The monoisotopic (exact) mass is 252 g/mol. The summed E-state index contributed by atoms with van der Waals surface area (Å²) in [7, 11) is 1.28. The van der Waals surface area contributed by atoms with Crippen LogP contribution >= 0.6 is 0 Å². The number of halogens is 1. The summed E-state index contributed by atoms with van der Waals surface area (Å²) >= 11 is 0. The second-order valence-corrected chi connectivity index (χ2v) is 4.13. The molecule has 1 saturated heterocycles. The van der Waals surface area contributed by atoms with Gasteiger partial charge < -0.3 is 15.4 Å². The van der Waals surface area contributed by atoms with Gasteiger partial charge in [-0.25, -0.2) is 4.39 Å². The number of esters is 1. The first kappa shape index (κ1) is 12.3. The number of hydrogen-bond acceptors (Lipinski definition) is 4. The van der Waals surface area contributed by atoms with Crippen molar-refractivity contribution in [1.82, 2.24) is 0 Å². The summed E-state index contributed by atoms with van der Waals surface area (Å²) in [6.45, 7) is 0.210. The fourth-order valence-electron chi connectivity index (χ4n) is 2.04. The number of methoxy groups -OCH3 is 1. The fourth-order valence-corrected chi connectivity index (χ4v) is 2.04. The van der Waals surface area contributed by atoms with Gasteiger partial charge in [-0.05, 0) is 18.2 Å². The predicted octanol–water partition coefficient (Wildman–Crippen LogP) is 0.934. The van der Waals surface area contributed by atoms with E-state index in [0.717, 1.165) is 6.07 Å². The lowest BCUT2D eigenvalue weighted by Gasteiger charge is -2.18. The molecule has 1 unspecified atom stereocenters. The summed E-state index contributed by atoms with van der Waals surface area (Å²) in [5.74, 6) is -1.60. The Hall–Kier alpha value is -2.11. The van der Waals surface area contributed by atoms with E-state index in [1.807, 2.05) is 0 Å². The highest BCUT2D eigenvalue weighted by Gasteiger charge is 2.36. The highest BCUT2D eigenvalue weighted by molar-refractivity contribution is 6.01. The molecule has 1 aliphatic rings. The van der Waals surface area contributed by atoms with E-state index in [9.17, 15) is 14.0 Å². The minimum Gasteiger partial charge on any atom is -0.469 e. The van der Waals surface area contributed by atoms with Crippen LogP contribution in [0.2, 0.25) is 0 Å². The first-order valence-corrected chi connectivity index (χ1v) is 5.46. The highest BCUT2D eigenvalue weighted by Crippen LogP contribution is 2.30. The summed E-state index contributed by atoms with van der Waals surface area (Å²) in [4.78, 5) is 24.6. The molecule has 1 fully saturated rings. The van der Waals surface area contributed by atoms with Crippen molar-refractivity contribution < 1.29 is 18.7 Å². The van der Waals surface area contributed by atoms with Crippen LogP contribution in [0, 0.1) is 11.7 Å². The number of benzene rings is 1. The molecule has 1 aromatic rings. The molecule has 2 N–H and O–H groups in total. The maximum Gasteiger partial charge on any atom is 0.311 e. The molecular weight excluding hydrogens is 239 g/mol. The largest absolute Gasteiger partial charge is 0.469 e. The summed E-state index contributed by atoms with van der Waals surface area (Å²) < 4.78 is 17.5. The average molecular weight is 252 g/mol. The van der Waals surface area contributed by atoms with Crippen LogP contribution in [0.3, 0.4) is 0 Å². The Bertz CT molecular complexity index is 504. The van der Waals surface area contributed by atoms with Crippen molar-refractivity contribution in [2.24, 2.45) is 5.92 Å². The minimum atomic E-state index is -0.494. The van der Waals surface area contributed by atoms with Crippen LogP contribution in [-0.2, 0) is 14.3 Å². The van der Waals surface area contributed by atoms with Gasteiger partial charge in [0, 0.05) is 13.0 Å². The van der Waals surface area contributed by atoms with E-state index in [1.165, 1.54) is 24.1 Å². The lowest BCUT2D eigenvalue weighted by Crippen LogP contribution is -2.27. The van der Waals surface area contributed by atoms with E-state index in [4.69, 9.17) is 5.73 Å². The van der Waals surface area contributed by atoms with Crippen molar-refractivity contribution in [2.45, 2.75) is 6.42 Å². The number of anilines is 2. The predicted molar refractivity (Wildman–Crippen MR) is 63.3 cm³/mol. The molecule has 1 atom stereocenters. The molecular formula is C12H13FN2O3. The maximum atomic E-state index is 12.9. The number of hydrogen-bond donors (Lipinski definition) is 1. The van der Waals surface area contributed by atoms with Crippen molar-refractivity contribution in [3.05, 3.63) is 24.0 Å². The van der Waals surface area contributed by atoms with Crippen LogP contribution in [0.4, 0.5) is 15.8 Å². The Morgan fingerprint density at radius 2 is 2.28 bits per heavy atom. The molecule has 1 aliphatic heterocycles. The topological polar surface area (TPSA) is 72.6 Å². The van der Waals surface area contributed by atoms with Gasteiger partial charge in [-0.1, -0.05) is 0 Å². The van der Waals surface area contributed by atoms with Gasteiger partial charge in [-0.15, -0.1) is 0 Å².